The molecule has 1 aliphatic carbocycles. The Bertz CT molecular complexity index is 504. The third-order valence-electron chi connectivity index (χ3n) is 3.98. The van der Waals surface area contributed by atoms with Crippen LogP contribution in [0.2, 0.25) is 0 Å². The van der Waals surface area contributed by atoms with Gasteiger partial charge in [-0.05, 0) is 48.0 Å². The van der Waals surface area contributed by atoms with Crippen molar-refractivity contribution in [3.8, 4) is 0 Å². The van der Waals surface area contributed by atoms with Crippen molar-refractivity contribution in [2.45, 2.75) is 46.1 Å². The highest BCUT2D eigenvalue weighted by atomic mass is 79.9. The van der Waals surface area contributed by atoms with Crippen LogP contribution >= 0.6 is 31.9 Å². The lowest BCUT2D eigenvalue weighted by Crippen LogP contribution is -2.35. The van der Waals surface area contributed by atoms with E-state index >= 15 is 0 Å². The average molecular weight is 378 g/mol. The first kappa shape index (κ1) is 14.3. The molecule has 0 radical (unpaired) electrons. The summed E-state index contributed by atoms with van der Waals surface area (Å²) in [6, 6.07) is 0. The summed E-state index contributed by atoms with van der Waals surface area (Å²) in [5.74, 6) is 0. The molecule has 100 valence electrons. The van der Waals surface area contributed by atoms with Crippen molar-refractivity contribution in [3.63, 3.8) is 0 Å². The van der Waals surface area contributed by atoms with Gasteiger partial charge in [-0.15, -0.1) is 0 Å². The van der Waals surface area contributed by atoms with Crippen molar-refractivity contribution in [1.29, 1.82) is 0 Å². The molecule has 0 N–H and O–H groups in total. The van der Waals surface area contributed by atoms with E-state index in [1.807, 2.05) is 18.4 Å². The molecule has 0 amide bonds. The van der Waals surface area contributed by atoms with Crippen LogP contribution in [0.3, 0.4) is 0 Å². The second-order valence-corrected chi connectivity index (χ2v) is 6.66. The Morgan fingerprint density at radius 3 is 2.50 bits per heavy atom. The van der Waals surface area contributed by atoms with Gasteiger partial charge in [-0.25, -0.2) is 4.79 Å². The predicted molar refractivity (Wildman–Crippen MR) is 80.4 cm³/mol. The summed E-state index contributed by atoms with van der Waals surface area (Å²) in [7, 11) is 0. The fourth-order valence-corrected chi connectivity index (χ4v) is 3.80. The second-order valence-electron chi connectivity index (χ2n) is 5.31. The van der Waals surface area contributed by atoms with Crippen molar-refractivity contribution in [3.05, 3.63) is 26.3 Å². The summed E-state index contributed by atoms with van der Waals surface area (Å²) in [6.07, 6.45) is 4.91. The van der Waals surface area contributed by atoms with Crippen LogP contribution in [0.5, 0.6) is 0 Å². The zero-order valence-electron chi connectivity index (χ0n) is 10.8. The first-order valence-electron chi connectivity index (χ1n) is 6.29. The van der Waals surface area contributed by atoms with Gasteiger partial charge in [-0.3, -0.25) is 4.57 Å². The van der Waals surface area contributed by atoms with Gasteiger partial charge in [0.2, 0.25) is 0 Å². The number of halogens is 2. The summed E-state index contributed by atoms with van der Waals surface area (Å²) in [6.45, 7) is 4.62. The highest BCUT2D eigenvalue weighted by molar-refractivity contribution is 9.10. The van der Waals surface area contributed by atoms with Crippen LogP contribution in [0.15, 0.2) is 9.27 Å². The number of hydrogen-bond acceptors (Lipinski definition) is 2. The minimum Gasteiger partial charge on any atom is -0.295 e. The number of rotatable bonds is 3. The first-order valence-corrected chi connectivity index (χ1v) is 8.20. The Morgan fingerprint density at radius 1 is 1.33 bits per heavy atom. The van der Waals surface area contributed by atoms with Gasteiger partial charge >= 0.3 is 5.69 Å². The molecule has 3 nitrogen and oxygen atoms in total. The SMILES string of the molecule is Cc1nc(=O)n(CC2(CBr)CCCC2)c(C)c1Br. The Balaban J connectivity index is 2.40. The molecule has 0 unspecified atom stereocenters. The van der Waals surface area contributed by atoms with Crippen molar-refractivity contribution < 1.29 is 0 Å². The molecule has 1 aliphatic rings. The molecule has 0 aromatic carbocycles. The van der Waals surface area contributed by atoms with Crippen LogP contribution in [0.4, 0.5) is 0 Å². The number of nitrogens with zero attached hydrogens (tertiary/aromatic N) is 2. The number of alkyl halides is 1. The maximum absolute atomic E-state index is 12.1. The minimum atomic E-state index is -0.125. The van der Waals surface area contributed by atoms with Crippen LogP contribution in [0.25, 0.3) is 0 Å². The Kier molecular flexibility index (Phi) is 4.32. The maximum atomic E-state index is 12.1. The molecule has 5 heteroatoms. The van der Waals surface area contributed by atoms with E-state index < -0.39 is 0 Å². The van der Waals surface area contributed by atoms with Gasteiger partial charge < -0.3 is 0 Å². The van der Waals surface area contributed by atoms with Gasteiger partial charge in [-0.1, -0.05) is 28.8 Å². The summed E-state index contributed by atoms with van der Waals surface area (Å²) in [5, 5.41) is 0.956. The number of aromatic nitrogens is 2. The lowest BCUT2D eigenvalue weighted by atomic mass is 9.88. The van der Waals surface area contributed by atoms with Crippen LogP contribution in [0, 0.1) is 19.3 Å². The summed E-state index contributed by atoms with van der Waals surface area (Å²) >= 11 is 7.14. The average Bonchev–Trinajstić information content (AvgIpc) is 2.81. The third-order valence-corrected chi connectivity index (χ3v) is 6.31. The van der Waals surface area contributed by atoms with Crippen LogP contribution in [0.1, 0.15) is 37.1 Å². The lowest BCUT2D eigenvalue weighted by Gasteiger charge is -2.28. The molecule has 1 saturated carbocycles. The summed E-state index contributed by atoms with van der Waals surface area (Å²) in [4.78, 5) is 16.2. The molecule has 0 spiro atoms. The van der Waals surface area contributed by atoms with E-state index in [0.717, 1.165) is 27.7 Å². The molecule has 18 heavy (non-hydrogen) atoms. The summed E-state index contributed by atoms with van der Waals surface area (Å²) in [5.41, 5.74) is 1.86. The predicted octanol–water partition coefficient (Wildman–Crippen LogP) is 3.58. The molecule has 1 heterocycles. The fraction of sp³-hybridized carbons (Fsp3) is 0.692. The van der Waals surface area contributed by atoms with E-state index in [4.69, 9.17) is 0 Å². The number of hydrogen-bond donors (Lipinski definition) is 0. The lowest BCUT2D eigenvalue weighted by molar-refractivity contribution is 0.282. The molecular weight excluding hydrogens is 360 g/mol. The van der Waals surface area contributed by atoms with Gasteiger partial charge in [0.1, 0.15) is 0 Å². The van der Waals surface area contributed by atoms with Gasteiger partial charge in [0.05, 0.1) is 10.2 Å². The highest BCUT2D eigenvalue weighted by Gasteiger charge is 2.34. The van der Waals surface area contributed by atoms with Crippen molar-refractivity contribution in [2.75, 3.05) is 5.33 Å². The Hall–Kier alpha value is -0.160. The monoisotopic (exact) mass is 376 g/mol. The van der Waals surface area contributed by atoms with Crippen molar-refractivity contribution >= 4 is 31.9 Å². The molecule has 0 atom stereocenters. The summed E-state index contributed by atoms with van der Waals surface area (Å²) < 4.78 is 2.77. The minimum absolute atomic E-state index is 0.125. The van der Waals surface area contributed by atoms with E-state index in [1.54, 1.807) is 0 Å². The Labute approximate surface area is 124 Å². The molecule has 1 aromatic rings. The number of aryl methyl sites for hydroxylation is 1. The van der Waals surface area contributed by atoms with E-state index in [1.165, 1.54) is 25.7 Å². The van der Waals surface area contributed by atoms with Crippen LogP contribution < -0.4 is 5.69 Å². The first-order chi connectivity index (χ1) is 8.49. The standard InChI is InChI=1S/C13H18Br2N2O/c1-9-11(15)10(2)17(12(18)16-9)8-13(7-14)5-3-4-6-13/h3-8H2,1-2H3. The van der Waals surface area contributed by atoms with E-state index in [2.05, 4.69) is 36.8 Å². The van der Waals surface area contributed by atoms with Gasteiger partial charge in [-0.2, -0.15) is 4.98 Å². The molecular formula is C13H18Br2N2O. The zero-order valence-corrected chi connectivity index (χ0v) is 14.0. The smallest absolute Gasteiger partial charge is 0.295 e. The van der Waals surface area contributed by atoms with E-state index in [-0.39, 0.29) is 11.1 Å². The highest BCUT2D eigenvalue weighted by Crippen LogP contribution is 2.41. The maximum Gasteiger partial charge on any atom is 0.348 e. The normalized spacial score (nSPS) is 18.2. The quantitative estimate of drug-likeness (QED) is 0.754. The molecule has 1 aromatic heterocycles. The largest absolute Gasteiger partial charge is 0.348 e. The fourth-order valence-electron chi connectivity index (χ4n) is 2.76. The van der Waals surface area contributed by atoms with Crippen molar-refractivity contribution in [1.82, 2.24) is 9.55 Å². The second kappa shape index (κ2) is 5.45. The zero-order chi connectivity index (χ0) is 13.3. The van der Waals surface area contributed by atoms with Gasteiger partial charge in [0.15, 0.2) is 0 Å². The Morgan fingerprint density at radius 2 is 1.94 bits per heavy atom. The van der Waals surface area contributed by atoms with E-state index in [0.29, 0.717) is 0 Å². The van der Waals surface area contributed by atoms with Gasteiger partial charge in [0, 0.05) is 17.6 Å². The third kappa shape index (κ3) is 2.57. The molecule has 0 bridgehead atoms. The van der Waals surface area contributed by atoms with Crippen LogP contribution in [-0.2, 0) is 6.54 Å². The van der Waals surface area contributed by atoms with E-state index in [9.17, 15) is 4.79 Å². The molecule has 0 aliphatic heterocycles. The molecule has 0 saturated heterocycles. The van der Waals surface area contributed by atoms with Gasteiger partial charge in [0.25, 0.3) is 0 Å². The van der Waals surface area contributed by atoms with Crippen molar-refractivity contribution in [2.24, 2.45) is 5.41 Å². The van der Waals surface area contributed by atoms with Crippen LogP contribution in [-0.4, -0.2) is 14.9 Å². The molecule has 1 fully saturated rings. The molecule has 2 rings (SSSR count). The topological polar surface area (TPSA) is 34.9 Å².